The fourth-order valence-electron chi connectivity index (χ4n) is 0. The molecule has 0 aliphatic rings. The molecule has 0 saturated heterocycles. The van der Waals surface area contributed by atoms with E-state index >= 15 is 0 Å². The van der Waals surface area contributed by atoms with Gasteiger partial charge < -0.3 is 17.4 Å². The van der Waals surface area contributed by atoms with Crippen molar-refractivity contribution in [1.29, 1.82) is 0 Å². The van der Waals surface area contributed by atoms with E-state index in [-0.39, 0.29) is 69.1 Å². The molecular formula is H4CaMgO5S. The fraction of sp³-hybridized carbons (Fsp3) is 0. The minimum Gasteiger partial charge on any atom is -1.00 e. The van der Waals surface area contributed by atoms with Crippen LogP contribution in [0, 0.1) is 0 Å². The van der Waals surface area contributed by atoms with Crippen molar-refractivity contribution in [2.75, 3.05) is 0 Å². The summed E-state index contributed by atoms with van der Waals surface area (Å²) in [6, 6.07) is 0. The largest absolute Gasteiger partial charge is 2.00 e. The van der Waals surface area contributed by atoms with Gasteiger partial charge >= 0.3 is 60.8 Å². The molecule has 5 nitrogen and oxygen atoms in total. The molecule has 0 fully saturated rings. The molecule has 8 heavy (non-hydrogen) atoms. The molecule has 0 atom stereocenters. The van der Waals surface area contributed by atoms with Gasteiger partial charge in [-0.1, -0.05) is 0 Å². The van der Waals surface area contributed by atoms with E-state index in [9.17, 15) is 0 Å². The van der Waals surface area contributed by atoms with Crippen LogP contribution in [0.4, 0.5) is 0 Å². The van der Waals surface area contributed by atoms with Crippen LogP contribution in [0.3, 0.4) is 0 Å². The minimum absolute atomic E-state index is 0. The average Bonchev–Trinajstić information content (AvgIpc) is 0.722. The zero-order valence-electron chi connectivity index (χ0n) is 5.96. The van der Waals surface area contributed by atoms with E-state index in [1.165, 1.54) is 0 Å². The van der Waals surface area contributed by atoms with Crippen molar-refractivity contribution in [1.82, 2.24) is 0 Å². The van der Waals surface area contributed by atoms with Gasteiger partial charge in [0.2, 0.25) is 0 Å². The van der Waals surface area contributed by atoms with Crippen LogP contribution in [-0.4, -0.2) is 83.8 Å². The van der Waals surface area contributed by atoms with Crippen molar-refractivity contribution in [3.63, 3.8) is 0 Å². The maximum absolute atomic E-state index is 8.52. The van der Waals surface area contributed by atoms with Gasteiger partial charge in [-0.05, 0) is 0 Å². The van der Waals surface area contributed by atoms with Crippen molar-refractivity contribution in [2.24, 2.45) is 0 Å². The summed E-state index contributed by atoms with van der Waals surface area (Å²) >= 11 is 0. The van der Waals surface area contributed by atoms with E-state index in [2.05, 4.69) is 0 Å². The number of hydrogen-bond donors (Lipinski definition) is 0. The third-order valence-electron chi connectivity index (χ3n) is 0. The quantitative estimate of drug-likeness (QED) is 0.229. The monoisotopic (exact) mass is 180 g/mol. The second-order valence-corrected chi connectivity index (χ2v) is 1.22. The Morgan fingerprint density at radius 2 is 1.25 bits per heavy atom. The van der Waals surface area contributed by atoms with E-state index in [4.69, 9.17) is 17.5 Å². The predicted molar refractivity (Wildman–Crippen MR) is 27.8 cm³/mol. The van der Waals surface area contributed by atoms with Gasteiger partial charge in [0, 0.05) is 10.4 Å². The molecule has 0 aromatic carbocycles. The molecule has 0 amide bonds. The first-order valence-electron chi connectivity index (χ1n) is 0.667. The Bertz CT molecular complexity index is 103. The van der Waals surface area contributed by atoms with E-state index < -0.39 is 10.4 Å². The van der Waals surface area contributed by atoms with Crippen LogP contribution in [0.5, 0.6) is 0 Å². The van der Waals surface area contributed by atoms with Crippen LogP contribution < -0.4 is 0 Å². The van der Waals surface area contributed by atoms with Gasteiger partial charge in [-0.25, -0.2) is 0 Å². The van der Waals surface area contributed by atoms with E-state index in [0.29, 0.717) is 0 Å². The molecule has 0 heterocycles. The summed E-state index contributed by atoms with van der Waals surface area (Å²) in [6.07, 6.45) is 0. The van der Waals surface area contributed by atoms with Crippen LogP contribution in [0.2, 0.25) is 0 Å². The molecule has 0 rings (SSSR count). The zero-order valence-corrected chi connectivity index (χ0v) is 8.39. The third kappa shape index (κ3) is 107. The van der Waals surface area contributed by atoms with Crippen LogP contribution >= 0.6 is 0 Å². The Kier molecular flexibility index (Phi) is 25.0. The first-order valence-corrected chi connectivity index (χ1v) is 2.00. The number of rotatable bonds is 0. The summed E-state index contributed by atoms with van der Waals surface area (Å²) in [5.74, 6) is 0. The maximum Gasteiger partial charge on any atom is 2.00 e. The maximum atomic E-state index is 8.52. The normalized spacial score (nSPS) is 7.25. The van der Waals surface area contributed by atoms with Crippen molar-refractivity contribution in [2.45, 2.75) is 0 Å². The molecule has 0 spiro atoms. The molecular weight excluding hydrogens is 176 g/mol. The Hall–Kier alpha value is 1.86. The van der Waals surface area contributed by atoms with Gasteiger partial charge in [0.1, 0.15) is 0 Å². The second kappa shape index (κ2) is 8.86. The van der Waals surface area contributed by atoms with Crippen LogP contribution in [0.1, 0.15) is 2.85 Å². The molecule has 8 heteroatoms. The van der Waals surface area contributed by atoms with Crippen LogP contribution in [0.15, 0.2) is 0 Å². The van der Waals surface area contributed by atoms with Crippen molar-refractivity contribution in [3.05, 3.63) is 0 Å². The Labute approximate surface area is 95.8 Å². The average molecular weight is 180 g/mol. The topological polar surface area (TPSA) is 112 Å². The Morgan fingerprint density at radius 1 is 1.25 bits per heavy atom. The van der Waals surface area contributed by atoms with Crippen molar-refractivity contribution >= 4 is 71.2 Å². The van der Waals surface area contributed by atoms with Crippen LogP contribution in [-0.2, 0) is 10.4 Å². The summed E-state index contributed by atoms with van der Waals surface area (Å²) < 4.78 is 34.1. The molecule has 0 unspecified atom stereocenters. The van der Waals surface area contributed by atoms with Gasteiger partial charge in [0.25, 0.3) is 0 Å². The molecule has 0 aliphatic carbocycles. The van der Waals surface area contributed by atoms with Gasteiger partial charge in [-0.3, -0.25) is 8.42 Å². The summed E-state index contributed by atoms with van der Waals surface area (Å²) in [5.41, 5.74) is 0. The molecule has 44 valence electrons. The standard InChI is InChI=1S/Ca.Mg.H2O4S.H2O.2H/c;;1-5(2,3)4;;;/h;;(H2,1,2,3,4);1H2;;/q2*+2;;;2*-1/p-2. The summed E-state index contributed by atoms with van der Waals surface area (Å²) in [4.78, 5) is 0. The molecule has 0 bridgehead atoms. The van der Waals surface area contributed by atoms with Gasteiger partial charge in [-0.15, -0.1) is 0 Å². The summed E-state index contributed by atoms with van der Waals surface area (Å²) in [6.45, 7) is 0. The predicted octanol–water partition coefficient (Wildman–Crippen LogP) is -2.70. The molecule has 0 aromatic rings. The summed E-state index contributed by atoms with van der Waals surface area (Å²) in [5, 5.41) is 0. The van der Waals surface area contributed by atoms with Gasteiger partial charge in [0.15, 0.2) is 0 Å². The first-order chi connectivity index (χ1) is 2.00. The smallest absolute Gasteiger partial charge is 1.00 e. The minimum atomic E-state index is -5.17. The summed E-state index contributed by atoms with van der Waals surface area (Å²) in [7, 11) is -5.17. The molecule has 0 saturated carbocycles. The van der Waals surface area contributed by atoms with E-state index in [0.717, 1.165) is 0 Å². The first kappa shape index (κ1) is 22.5. The number of hydrogen-bond acceptors (Lipinski definition) is 4. The van der Waals surface area contributed by atoms with Crippen molar-refractivity contribution in [3.8, 4) is 0 Å². The SMILES string of the molecule is O.O=S(=O)([O-])[O-].[Ca+2].[H-].[H-].[Mg+2]. The third-order valence-corrected chi connectivity index (χ3v) is 0. The molecule has 0 aliphatic heterocycles. The molecule has 0 aromatic heterocycles. The van der Waals surface area contributed by atoms with Gasteiger partial charge in [-0.2, -0.15) is 0 Å². The van der Waals surface area contributed by atoms with Crippen molar-refractivity contribution < 1.29 is 25.9 Å². The fourth-order valence-corrected chi connectivity index (χ4v) is 0. The second-order valence-electron chi connectivity index (χ2n) is 0.408. The van der Waals surface area contributed by atoms with Gasteiger partial charge in [0.05, 0.1) is 0 Å². The zero-order chi connectivity index (χ0) is 4.50. The van der Waals surface area contributed by atoms with Crippen LogP contribution in [0.25, 0.3) is 0 Å². The van der Waals surface area contributed by atoms with E-state index in [1.807, 2.05) is 0 Å². The van der Waals surface area contributed by atoms with E-state index in [1.54, 1.807) is 0 Å². The Morgan fingerprint density at radius 3 is 1.25 bits per heavy atom. The Balaban J connectivity index is -0.00000000800. The molecule has 2 N–H and O–H groups in total. The molecule has 0 radical (unpaired) electrons.